The fourth-order valence-corrected chi connectivity index (χ4v) is 3.85. The van der Waals surface area contributed by atoms with Crippen LogP contribution in [0.2, 0.25) is 0 Å². The maximum absolute atomic E-state index is 12.3. The lowest BCUT2D eigenvalue weighted by atomic mass is 10.1. The Bertz CT molecular complexity index is 1020. The first-order chi connectivity index (χ1) is 12.9. The number of benzene rings is 1. The highest BCUT2D eigenvalue weighted by Gasteiger charge is 2.18. The Morgan fingerprint density at radius 3 is 2.63 bits per heavy atom. The summed E-state index contributed by atoms with van der Waals surface area (Å²) in [5.74, 6) is 0.811. The lowest BCUT2D eigenvalue weighted by molar-refractivity contribution is -0.148. The lowest BCUT2D eigenvalue weighted by Gasteiger charge is -2.12. The predicted molar refractivity (Wildman–Crippen MR) is 106 cm³/mol. The van der Waals surface area contributed by atoms with Crippen LogP contribution in [0.25, 0.3) is 10.2 Å². The van der Waals surface area contributed by atoms with Crippen molar-refractivity contribution in [2.45, 2.75) is 39.7 Å². The summed E-state index contributed by atoms with van der Waals surface area (Å²) in [7, 11) is 1.61. The van der Waals surface area contributed by atoms with Gasteiger partial charge in [0.05, 0.1) is 12.5 Å². The molecule has 0 fully saturated rings. The van der Waals surface area contributed by atoms with Gasteiger partial charge in [0, 0.05) is 11.3 Å². The van der Waals surface area contributed by atoms with E-state index in [0.29, 0.717) is 22.5 Å². The van der Waals surface area contributed by atoms with E-state index < -0.39 is 6.10 Å². The van der Waals surface area contributed by atoms with Gasteiger partial charge in [0.1, 0.15) is 10.6 Å². The highest BCUT2D eigenvalue weighted by Crippen LogP contribution is 2.27. The average Bonchev–Trinajstić information content (AvgIpc) is 2.94. The molecule has 3 rings (SSSR count). The first-order valence-electron chi connectivity index (χ1n) is 8.71. The summed E-state index contributed by atoms with van der Waals surface area (Å²) in [4.78, 5) is 33.5. The molecule has 0 aliphatic heterocycles. The van der Waals surface area contributed by atoms with E-state index in [9.17, 15) is 9.59 Å². The van der Waals surface area contributed by atoms with Gasteiger partial charge in [-0.2, -0.15) is 0 Å². The third-order valence-corrected chi connectivity index (χ3v) is 5.63. The van der Waals surface area contributed by atoms with Gasteiger partial charge in [-0.15, -0.1) is 11.3 Å². The quantitative estimate of drug-likeness (QED) is 0.651. The molecule has 142 valence electrons. The number of hydrogen-bond donors (Lipinski definition) is 1. The van der Waals surface area contributed by atoms with Crippen LogP contribution in [-0.4, -0.2) is 23.0 Å². The molecule has 3 aromatic rings. The number of carbonyl (C=O) groups excluding carboxylic acids is 1. The van der Waals surface area contributed by atoms with Crippen molar-refractivity contribution in [2.75, 3.05) is 7.11 Å². The Hall–Kier alpha value is -2.67. The van der Waals surface area contributed by atoms with Crippen molar-refractivity contribution in [1.29, 1.82) is 0 Å². The summed E-state index contributed by atoms with van der Waals surface area (Å²) >= 11 is 1.47. The lowest BCUT2D eigenvalue weighted by Crippen LogP contribution is -2.17. The summed E-state index contributed by atoms with van der Waals surface area (Å²) in [6.45, 7) is 5.58. The highest BCUT2D eigenvalue weighted by molar-refractivity contribution is 7.18. The highest BCUT2D eigenvalue weighted by atomic mass is 32.1. The van der Waals surface area contributed by atoms with Crippen molar-refractivity contribution >= 4 is 27.5 Å². The van der Waals surface area contributed by atoms with Crippen LogP contribution in [0, 0.1) is 13.8 Å². The second-order valence-electron chi connectivity index (χ2n) is 6.39. The molecule has 2 aromatic heterocycles. The number of aryl methyl sites for hydroxylation is 3. The summed E-state index contributed by atoms with van der Waals surface area (Å²) in [6, 6.07) is 7.56. The number of methoxy groups -OCH3 is 1. The number of fused-ring (bicyclic) bond motifs is 1. The second-order valence-corrected chi connectivity index (χ2v) is 7.60. The number of aromatic amines is 1. The van der Waals surface area contributed by atoms with E-state index in [0.717, 1.165) is 21.8 Å². The van der Waals surface area contributed by atoms with E-state index in [1.54, 1.807) is 14.0 Å². The molecule has 0 saturated carbocycles. The van der Waals surface area contributed by atoms with Crippen molar-refractivity contribution in [2.24, 2.45) is 0 Å². The fraction of sp³-hybridized carbons (Fsp3) is 0.350. The molecule has 27 heavy (non-hydrogen) atoms. The molecule has 0 radical (unpaired) electrons. The maximum Gasteiger partial charge on any atom is 0.306 e. The topological polar surface area (TPSA) is 81.3 Å². The SMILES string of the molecule is COc1ccc(CCC(=O)O[C@@H](C)c2nc3sc(C)c(C)c3c(=O)[nH]2)cc1. The molecule has 0 bridgehead atoms. The zero-order chi connectivity index (χ0) is 19.6. The van der Waals surface area contributed by atoms with Crippen molar-refractivity contribution in [3.05, 3.63) is 56.4 Å². The van der Waals surface area contributed by atoms with Crippen LogP contribution in [0.1, 0.15) is 41.3 Å². The van der Waals surface area contributed by atoms with Gasteiger partial charge in [0.2, 0.25) is 0 Å². The standard InChI is InChI=1S/C20H22N2O4S/c1-11-13(3)27-20-17(11)19(24)21-18(22-20)12(2)26-16(23)10-7-14-5-8-15(25-4)9-6-14/h5-6,8-9,12H,7,10H2,1-4H3,(H,21,22,24)/t12-/m0/s1. The van der Waals surface area contributed by atoms with E-state index >= 15 is 0 Å². The van der Waals surface area contributed by atoms with E-state index in [2.05, 4.69) is 9.97 Å². The number of rotatable bonds is 6. The summed E-state index contributed by atoms with van der Waals surface area (Å²) in [5.41, 5.74) is 1.77. The van der Waals surface area contributed by atoms with E-state index in [4.69, 9.17) is 9.47 Å². The zero-order valence-electron chi connectivity index (χ0n) is 15.8. The van der Waals surface area contributed by atoms with Gasteiger partial charge in [-0.05, 0) is 50.5 Å². The Balaban J connectivity index is 1.65. The number of thiophene rings is 1. The van der Waals surface area contributed by atoms with Crippen LogP contribution < -0.4 is 10.3 Å². The second kappa shape index (κ2) is 7.92. The zero-order valence-corrected chi connectivity index (χ0v) is 16.6. The van der Waals surface area contributed by atoms with E-state index in [1.807, 2.05) is 38.1 Å². The Morgan fingerprint density at radius 2 is 1.96 bits per heavy atom. The van der Waals surface area contributed by atoms with Crippen LogP contribution >= 0.6 is 11.3 Å². The number of H-pyrrole nitrogens is 1. The molecule has 0 aliphatic rings. The van der Waals surface area contributed by atoms with Crippen LogP contribution in [0.3, 0.4) is 0 Å². The third kappa shape index (κ3) is 4.19. The van der Waals surface area contributed by atoms with Gasteiger partial charge in [0.15, 0.2) is 11.9 Å². The number of ether oxygens (including phenoxy) is 2. The van der Waals surface area contributed by atoms with Crippen molar-refractivity contribution in [3.63, 3.8) is 0 Å². The normalized spacial score (nSPS) is 12.1. The van der Waals surface area contributed by atoms with Gasteiger partial charge in [-0.1, -0.05) is 12.1 Å². The molecule has 0 saturated heterocycles. The van der Waals surface area contributed by atoms with Gasteiger partial charge in [-0.3, -0.25) is 9.59 Å². The van der Waals surface area contributed by atoms with Crippen molar-refractivity contribution < 1.29 is 14.3 Å². The van der Waals surface area contributed by atoms with Crippen LogP contribution in [0.15, 0.2) is 29.1 Å². The summed E-state index contributed by atoms with van der Waals surface area (Å²) < 4.78 is 10.6. The minimum atomic E-state index is -0.617. The fourth-order valence-electron chi connectivity index (χ4n) is 2.81. The monoisotopic (exact) mass is 386 g/mol. The molecule has 7 heteroatoms. The molecule has 0 unspecified atom stereocenters. The minimum absolute atomic E-state index is 0.196. The Labute approximate surface area is 161 Å². The smallest absolute Gasteiger partial charge is 0.306 e. The van der Waals surface area contributed by atoms with Gasteiger partial charge >= 0.3 is 5.97 Å². The minimum Gasteiger partial charge on any atom is -0.497 e. The molecule has 1 aromatic carbocycles. The molecule has 1 atom stereocenters. The van der Waals surface area contributed by atoms with Gasteiger partial charge in [0.25, 0.3) is 5.56 Å². The number of nitrogens with one attached hydrogen (secondary N) is 1. The molecule has 1 N–H and O–H groups in total. The first-order valence-corrected chi connectivity index (χ1v) is 9.53. The molecule has 0 aliphatic carbocycles. The predicted octanol–water partition coefficient (Wildman–Crippen LogP) is 3.85. The van der Waals surface area contributed by atoms with Crippen LogP contribution in [0.5, 0.6) is 5.75 Å². The number of aromatic nitrogens is 2. The Kier molecular flexibility index (Phi) is 5.60. The van der Waals surface area contributed by atoms with Crippen molar-refractivity contribution in [1.82, 2.24) is 9.97 Å². The van der Waals surface area contributed by atoms with Crippen LogP contribution in [-0.2, 0) is 16.0 Å². The molecular weight excluding hydrogens is 364 g/mol. The Morgan fingerprint density at radius 1 is 1.26 bits per heavy atom. The third-order valence-electron chi connectivity index (χ3n) is 4.53. The first kappa shape index (κ1) is 19.1. The van der Waals surface area contributed by atoms with E-state index in [-0.39, 0.29) is 17.9 Å². The maximum atomic E-state index is 12.3. The number of carbonyl (C=O) groups is 1. The molecular formula is C20H22N2O4S. The largest absolute Gasteiger partial charge is 0.497 e. The molecule has 0 amide bonds. The van der Waals surface area contributed by atoms with Gasteiger partial charge in [-0.25, -0.2) is 4.98 Å². The molecule has 0 spiro atoms. The number of esters is 1. The average molecular weight is 386 g/mol. The summed E-state index contributed by atoms with van der Waals surface area (Å²) in [5, 5.41) is 0.610. The number of hydrogen-bond acceptors (Lipinski definition) is 6. The summed E-state index contributed by atoms with van der Waals surface area (Å²) in [6.07, 6.45) is 0.204. The molecule has 2 heterocycles. The van der Waals surface area contributed by atoms with Crippen LogP contribution in [0.4, 0.5) is 0 Å². The molecule has 6 nitrogen and oxygen atoms in total. The number of nitrogens with zero attached hydrogens (tertiary/aromatic N) is 1. The van der Waals surface area contributed by atoms with E-state index in [1.165, 1.54) is 11.3 Å². The van der Waals surface area contributed by atoms with Gasteiger partial charge < -0.3 is 14.5 Å². The van der Waals surface area contributed by atoms with Crippen molar-refractivity contribution in [3.8, 4) is 5.75 Å².